The highest BCUT2D eigenvalue weighted by Crippen LogP contribution is 2.40. The number of nitrogens with one attached hydrogen (secondary N) is 2. The fourth-order valence-corrected chi connectivity index (χ4v) is 5.11. The molecule has 6 nitrogen and oxygen atoms in total. The molecule has 1 saturated carbocycles. The van der Waals surface area contributed by atoms with Crippen LogP contribution in [0, 0.1) is 11.3 Å². The topological polar surface area (TPSA) is 78.5 Å². The van der Waals surface area contributed by atoms with Gasteiger partial charge in [-0.2, -0.15) is 0 Å². The molecule has 0 bridgehead atoms. The van der Waals surface area contributed by atoms with E-state index < -0.39 is 6.04 Å². The molecule has 30 heavy (non-hydrogen) atoms. The molecule has 170 valence electrons. The van der Waals surface area contributed by atoms with E-state index in [2.05, 4.69) is 38.0 Å². The first kappa shape index (κ1) is 24.6. The molecule has 1 saturated heterocycles. The molecule has 0 aromatic rings. The Balaban J connectivity index is 2.12. The highest BCUT2D eigenvalue weighted by atomic mass is 16.2. The number of carbonyl (C=O) groups is 3. The van der Waals surface area contributed by atoms with Gasteiger partial charge in [0.15, 0.2) is 0 Å². The molecule has 1 aliphatic heterocycles. The number of hydrogen-bond donors (Lipinski definition) is 2. The Kier molecular flexibility index (Phi) is 9.08. The number of nitrogens with zero attached hydrogens (tertiary/aromatic N) is 1. The third-order valence-electron chi connectivity index (χ3n) is 7.32. The smallest absolute Gasteiger partial charge is 0.243 e. The van der Waals surface area contributed by atoms with Gasteiger partial charge < -0.3 is 15.5 Å². The van der Waals surface area contributed by atoms with Gasteiger partial charge in [0.05, 0.1) is 12.1 Å². The molecule has 4 atom stereocenters. The molecule has 2 rings (SSSR count). The fourth-order valence-electron chi connectivity index (χ4n) is 5.11. The summed E-state index contributed by atoms with van der Waals surface area (Å²) in [6, 6.07) is -1.12. The van der Waals surface area contributed by atoms with Crippen LogP contribution >= 0.6 is 0 Å². The Hall–Kier alpha value is -1.69. The van der Waals surface area contributed by atoms with E-state index in [0.717, 1.165) is 44.8 Å². The van der Waals surface area contributed by atoms with Crippen LogP contribution in [0.2, 0.25) is 0 Å². The van der Waals surface area contributed by atoms with Gasteiger partial charge in [-0.25, -0.2) is 0 Å². The van der Waals surface area contributed by atoms with Gasteiger partial charge in [0.1, 0.15) is 12.3 Å². The van der Waals surface area contributed by atoms with Crippen molar-refractivity contribution in [2.75, 3.05) is 13.6 Å². The maximum atomic E-state index is 13.5. The van der Waals surface area contributed by atoms with Crippen LogP contribution in [0.25, 0.3) is 0 Å². The number of hydrogen-bond acceptors (Lipinski definition) is 4. The summed E-state index contributed by atoms with van der Waals surface area (Å²) < 4.78 is 0. The molecule has 1 heterocycles. The van der Waals surface area contributed by atoms with E-state index in [1.807, 2.05) is 7.05 Å². The molecule has 1 aliphatic carbocycles. The number of amides is 2. The summed E-state index contributed by atoms with van der Waals surface area (Å²) in [6.45, 7) is 10.8. The van der Waals surface area contributed by atoms with Crippen LogP contribution in [-0.2, 0) is 14.4 Å². The third-order valence-corrected chi connectivity index (χ3v) is 7.32. The highest BCUT2D eigenvalue weighted by molar-refractivity contribution is 5.91. The van der Waals surface area contributed by atoms with Crippen molar-refractivity contribution in [1.82, 2.24) is 15.5 Å². The van der Waals surface area contributed by atoms with Crippen LogP contribution in [0.15, 0.2) is 12.2 Å². The van der Waals surface area contributed by atoms with Crippen LogP contribution < -0.4 is 10.6 Å². The predicted molar refractivity (Wildman–Crippen MR) is 120 cm³/mol. The Morgan fingerprint density at radius 2 is 1.90 bits per heavy atom. The normalized spacial score (nSPS) is 24.0. The van der Waals surface area contributed by atoms with Crippen LogP contribution in [0.5, 0.6) is 0 Å². The van der Waals surface area contributed by atoms with Gasteiger partial charge in [0.2, 0.25) is 11.8 Å². The molecule has 2 amide bonds. The van der Waals surface area contributed by atoms with Crippen molar-refractivity contribution in [3.63, 3.8) is 0 Å². The second-order valence-corrected chi connectivity index (χ2v) is 9.63. The first-order valence-corrected chi connectivity index (χ1v) is 11.7. The van der Waals surface area contributed by atoms with Crippen molar-refractivity contribution in [2.45, 2.75) is 96.7 Å². The molecule has 2 N–H and O–H groups in total. The Morgan fingerprint density at radius 1 is 1.23 bits per heavy atom. The highest BCUT2D eigenvalue weighted by Gasteiger charge is 2.44. The summed E-state index contributed by atoms with van der Waals surface area (Å²) in [5, 5.41) is 6.29. The lowest BCUT2D eigenvalue weighted by Gasteiger charge is -2.42. The molecule has 6 heteroatoms. The Bertz CT molecular complexity index is 627. The van der Waals surface area contributed by atoms with E-state index >= 15 is 0 Å². The van der Waals surface area contributed by atoms with Crippen molar-refractivity contribution < 1.29 is 14.4 Å². The summed E-state index contributed by atoms with van der Waals surface area (Å²) >= 11 is 0. The molecule has 0 aromatic carbocycles. The monoisotopic (exact) mass is 419 g/mol. The molecule has 0 aromatic heterocycles. The summed E-state index contributed by atoms with van der Waals surface area (Å²) in [5.41, 5.74) is 0.320. The van der Waals surface area contributed by atoms with Gasteiger partial charge in [-0.1, -0.05) is 53.0 Å². The summed E-state index contributed by atoms with van der Waals surface area (Å²) in [5.74, 6) is 0.237. The van der Waals surface area contributed by atoms with E-state index in [4.69, 9.17) is 0 Å². The lowest BCUT2D eigenvalue weighted by atomic mass is 9.70. The van der Waals surface area contributed by atoms with Crippen molar-refractivity contribution in [3.05, 3.63) is 12.2 Å². The van der Waals surface area contributed by atoms with Gasteiger partial charge in [-0.15, -0.1) is 0 Å². The van der Waals surface area contributed by atoms with Crippen LogP contribution in [0.4, 0.5) is 0 Å². The molecule has 0 radical (unpaired) electrons. The van der Waals surface area contributed by atoms with E-state index in [9.17, 15) is 14.4 Å². The van der Waals surface area contributed by atoms with E-state index in [1.165, 1.54) is 6.42 Å². The standard InChI is InChI=1S/C24H41N3O3/c1-6-17(2)15-19(18(3)16-28)26-22(29)20-11-10-14-27(20)23(30)21(25-5)24(4)12-8-7-9-13-24/h16-17,19-21,25H,3,6-15H2,1-2,4-5H3,(H,26,29). The zero-order valence-electron chi connectivity index (χ0n) is 19.3. The van der Waals surface area contributed by atoms with Gasteiger partial charge in [-0.3, -0.25) is 14.4 Å². The van der Waals surface area contributed by atoms with Crippen molar-refractivity contribution >= 4 is 18.1 Å². The first-order valence-electron chi connectivity index (χ1n) is 11.7. The lowest BCUT2D eigenvalue weighted by molar-refractivity contribution is -0.143. The van der Waals surface area contributed by atoms with Crippen molar-refractivity contribution in [2.24, 2.45) is 11.3 Å². The second-order valence-electron chi connectivity index (χ2n) is 9.63. The van der Waals surface area contributed by atoms with E-state index in [0.29, 0.717) is 30.9 Å². The van der Waals surface area contributed by atoms with Gasteiger partial charge in [-0.05, 0) is 50.5 Å². The Morgan fingerprint density at radius 3 is 2.47 bits per heavy atom. The number of aldehydes is 1. The predicted octanol–water partition coefficient (Wildman–Crippen LogP) is 3.21. The molecule has 0 spiro atoms. The fraction of sp³-hybridized carbons (Fsp3) is 0.792. The largest absolute Gasteiger partial charge is 0.347 e. The van der Waals surface area contributed by atoms with Gasteiger partial charge >= 0.3 is 0 Å². The molecular formula is C24H41N3O3. The zero-order chi connectivity index (χ0) is 22.3. The lowest BCUT2D eigenvalue weighted by Crippen LogP contribution is -2.58. The van der Waals surface area contributed by atoms with Gasteiger partial charge in [0, 0.05) is 12.1 Å². The number of likely N-dealkylation sites (tertiary alicyclic amines) is 1. The van der Waals surface area contributed by atoms with Crippen LogP contribution in [0.3, 0.4) is 0 Å². The number of likely N-dealkylation sites (N-methyl/N-ethyl adjacent to an activating group) is 1. The Labute approximate surface area is 182 Å². The molecule has 4 unspecified atom stereocenters. The summed E-state index contributed by atoms with van der Waals surface area (Å²) in [7, 11) is 1.85. The zero-order valence-corrected chi connectivity index (χ0v) is 19.3. The second kappa shape index (κ2) is 11.1. The van der Waals surface area contributed by atoms with Crippen LogP contribution in [-0.4, -0.2) is 54.7 Å². The van der Waals surface area contributed by atoms with Gasteiger partial charge in [0.25, 0.3) is 0 Å². The first-order chi connectivity index (χ1) is 14.3. The minimum Gasteiger partial charge on any atom is -0.347 e. The van der Waals surface area contributed by atoms with Crippen molar-refractivity contribution in [1.29, 1.82) is 0 Å². The quantitative estimate of drug-likeness (QED) is 0.421. The molecular weight excluding hydrogens is 378 g/mol. The SMILES string of the molecule is C=C(C=O)C(CC(C)CC)NC(=O)C1CCCN1C(=O)C(NC)C1(C)CCCCC1. The summed E-state index contributed by atoms with van der Waals surface area (Å²) in [6.07, 6.45) is 9.45. The number of rotatable bonds is 10. The minimum absolute atomic E-state index is 0.0345. The van der Waals surface area contributed by atoms with Crippen LogP contribution in [0.1, 0.15) is 78.6 Å². The average molecular weight is 420 g/mol. The molecule has 2 fully saturated rings. The van der Waals surface area contributed by atoms with E-state index in [-0.39, 0.29) is 29.3 Å². The number of carbonyl (C=O) groups excluding carboxylic acids is 3. The average Bonchev–Trinajstić information content (AvgIpc) is 3.23. The maximum Gasteiger partial charge on any atom is 0.243 e. The van der Waals surface area contributed by atoms with Crippen molar-refractivity contribution in [3.8, 4) is 0 Å². The molecule has 2 aliphatic rings. The maximum absolute atomic E-state index is 13.5. The summed E-state index contributed by atoms with van der Waals surface area (Å²) in [4.78, 5) is 39.7. The van der Waals surface area contributed by atoms with E-state index in [1.54, 1.807) is 4.90 Å². The third kappa shape index (κ3) is 5.71. The minimum atomic E-state index is -0.473.